The Morgan fingerprint density at radius 1 is 1.06 bits per heavy atom. The summed E-state index contributed by atoms with van der Waals surface area (Å²) in [5.74, 6) is -7.61. The van der Waals surface area contributed by atoms with Gasteiger partial charge in [0.25, 0.3) is 10.0 Å². The minimum Gasteiger partial charge on any atom is -0.490 e. The molecule has 2 aromatic rings. The molecule has 0 amide bonds. The number of benzene rings is 2. The molecule has 0 spiro atoms. The first-order chi connectivity index (χ1) is 15.9. The molecule has 4 rings (SSSR count). The highest BCUT2D eigenvalue weighted by molar-refractivity contribution is 7.92. The van der Waals surface area contributed by atoms with Crippen molar-refractivity contribution in [1.82, 2.24) is 4.72 Å². The van der Waals surface area contributed by atoms with E-state index in [1.165, 1.54) is 24.3 Å². The van der Waals surface area contributed by atoms with Crippen LogP contribution in [0.5, 0.6) is 5.75 Å². The highest BCUT2D eigenvalue weighted by Gasteiger charge is 2.61. The first kappa shape index (κ1) is 25.2. The van der Waals surface area contributed by atoms with Crippen LogP contribution in [-0.4, -0.2) is 48.5 Å². The van der Waals surface area contributed by atoms with Crippen LogP contribution in [0.3, 0.4) is 0 Å². The Labute approximate surface area is 198 Å². The van der Waals surface area contributed by atoms with Crippen molar-refractivity contribution in [2.75, 3.05) is 19.8 Å². The normalized spacial score (nSPS) is 24.9. The Bertz CT molecular complexity index is 1310. The maximum Gasteiger partial charge on any atom is 0.350 e. The second-order valence-corrected chi connectivity index (χ2v) is 12.2. The second-order valence-electron chi connectivity index (χ2n) is 7.81. The van der Waals surface area contributed by atoms with Crippen molar-refractivity contribution < 1.29 is 43.9 Å². The SMILES string of the molecule is O=S(=O)(NC[C@@H]1OCC[C@@]2(S(=O)(=O)c3ccc(Cl)cc3)c3c(F)ccc(F)c3OCC12)C(F)F. The minimum atomic E-state index is -5.03. The fourth-order valence-corrected chi connectivity index (χ4v) is 7.51. The minimum absolute atomic E-state index is 0.240. The van der Waals surface area contributed by atoms with Crippen molar-refractivity contribution in [2.24, 2.45) is 5.92 Å². The van der Waals surface area contributed by atoms with Crippen LogP contribution in [0.2, 0.25) is 5.02 Å². The molecule has 2 aliphatic heterocycles. The molecule has 1 unspecified atom stereocenters. The Kier molecular flexibility index (Phi) is 6.62. The van der Waals surface area contributed by atoms with Gasteiger partial charge in [-0.25, -0.2) is 30.3 Å². The summed E-state index contributed by atoms with van der Waals surface area (Å²) >= 11 is 5.87. The lowest BCUT2D eigenvalue weighted by molar-refractivity contribution is -0.0689. The monoisotopic (exact) mass is 543 g/mol. The average Bonchev–Trinajstić information content (AvgIpc) is 2.79. The van der Waals surface area contributed by atoms with E-state index in [0.717, 1.165) is 12.1 Å². The first-order valence-corrected chi connectivity index (χ1v) is 13.3. The maximum atomic E-state index is 15.2. The Balaban J connectivity index is 1.90. The van der Waals surface area contributed by atoms with E-state index >= 15 is 4.39 Å². The molecule has 7 nitrogen and oxygen atoms in total. The molecule has 0 aliphatic carbocycles. The number of alkyl halides is 2. The lowest BCUT2D eigenvalue weighted by atomic mass is 9.76. The van der Waals surface area contributed by atoms with Crippen LogP contribution in [0, 0.1) is 17.6 Å². The van der Waals surface area contributed by atoms with Crippen LogP contribution in [-0.2, 0) is 29.3 Å². The summed E-state index contributed by atoms with van der Waals surface area (Å²) in [6.45, 7) is -1.54. The van der Waals surface area contributed by atoms with Crippen LogP contribution in [0.1, 0.15) is 12.0 Å². The third-order valence-electron chi connectivity index (χ3n) is 6.07. The van der Waals surface area contributed by atoms with Crippen LogP contribution < -0.4 is 9.46 Å². The van der Waals surface area contributed by atoms with Crippen molar-refractivity contribution in [3.05, 3.63) is 58.6 Å². The van der Waals surface area contributed by atoms with Gasteiger partial charge in [0.05, 0.1) is 23.2 Å². The molecule has 1 N–H and O–H groups in total. The van der Waals surface area contributed by atoms with E-state index in [9.17, 15) is 30.0 Å². The predicted octanol–water partition coefficient (Wildman–Crippen LogP) is 3.23. The van der Waals surface area contributed by atoms with Crippen molar-refractivity contribution in [3.63, 3.8) is 0 Å². The third-order valence-corrected chi connectivity index (χ3v) is 9.92. The summed E-state index contributed by atoms with van der Waals surface area (Å²) in [5.41, 5.74) is -0.552. The topological polar surface area (TPSA) is 98.8 Å². The van der Waals surface area contributed by atoms with Gasteiger partial charge in [-0.3, -0.25) is 0 Å². The number of nitrogens with one attached hydrogen (secondary N) is 1. The second kappa shape index (κ2) is 8.94. The highest BCUT2D eigenvalue weighted by atomic mass is 35.5. The van der Waals surface area contributed by atoms with E-state index in [0.29, 0.717) is 0 Å². The highest BCUT2D eigenvalue weighted by Crippen LogP contribution is 2.55. The Hall–Kier alpha value is -1.93. The molecule has 0 bridgehead atoms. The molecule has 1 saturated heterocycles. The van der Waals surface area contributed by atoms with Gasteiger partial charge in [-0.2, -0.15) is 8.78 Å². The van der Waals surface area contributed by atoms with E-state index in [1.807, 2.05) is 0 Å². The molecule has 3 atom stereocenters. The molecule has 1 fully saturated rings. The molecule has 14 heteroatoms. The van der Waals surface area contributed by atoms with Gasteiger partial charge in [0.15, 0.2) is 21.4 Å². The van der Waals surface area contributed by atoms with E-state index < -0.39 is 78.5 Å². The maximum absolute atomic E-state index is 15.2. The molecule has 2 aliphatic rings. The van der Waals surface area contributed by atoms with Gasteiger partial charge in [0, 0.05) is 24.1 Å². The molecule has 2 heterocycles. The third kappa shape index (κ3) is 3.96. The summed E-state index contributed by atoms with van der Waals surface area (Å²) < 4.78 is 117. The fourth-order valence-electron chi connectivity index (χ4n) is 4.51. The van der Waals surface area contributed by atoms with E-state index in [2.05, 4.69) is 0 Å². The van der Waals surface area contributed by atoms with Gasteiger partial charge in [-0.05, 0) is 42.8 Å². The molecule has 186 valence electrons. The molecule has 0 radical (unpaired) electrons. The van der Waals surface area contributed by atoms with Gasteiger partial charge in [0.1, 0.15) is 10.6 Å². The van der Waals surface area contributed by atoms with Crippen LogP contribution in [0.25, 0.3) is 0 Å². The number of ether oxygens (including phenoxy) is 2. The quantitative estimate of drug-likeness (QED) is 0.562. The van der Waals surface area contributed by atoms with Gasteiger partial charge in [-0.1, -0.05) is 11.6 Å². The smallest absolute Gasteiger partial charge is 0.350 e. The summed E-state index contributed by atoms with van der Waals surface area (Å²) in [4.78, 5) is -0.243. The standard InChI is InChI=1S/C20H18ClF4NO6S2/c21-11-1-3-12(4-2-11)33(27,28)20-7-8-31-16(9-26-34(29,30)19(24)25)13(20)10-32-18-15(23)6-5-14(22)17(18)20/h1-6,13,16,19,26H,7-10H2/t13?,16-,20-/m0/s1. The molecular formula is C20H18ClF4NO6S2. The summed E-state index contributed by atoms with van der Waals surface area (Å²) in [6.07, 6.45) is -1.63. The van der Waals surface area contributed by atoms with Crippen LogP contribution in [0.15, 0.2) is 41.3 Å². The lowest BCUT2D eigenvalue weighted by Gasteiger charge is -2.50. The molecule has 0 aromatic heterocycles. The van der Waals surface area contributed by atoms with Crippen molar-refractivity contribution in [3.8, 4) is 5.75 Å². The van der Waals surface area contributed by atoms with Crippen LogP contribution >= 0.6 is 11.6 Å². The Morgan fingerprint density at radius 3 is 2.35 bits per heavy atom. The zero-order valence-electron chi connectivity index (χ0n) is 17.2. The first-order valence-electron chi connectivity index (χ1n) is 9.91. The van der Waals surface area contributed by atoms with Crippen LogP contribution in [0.4, 0.5) is 17.6 Å². The average molecular weight is 544 g/mol. The molecular weight excluding hydrogens is 526 g/mol. The van der Waals surface area contributed by atoms with Crippen molar-refractivity contribution >= 4 is 31.5 Å². The fraction of sp³-hybridized carbons (Fsp3) is 0.400. The van der Waals surface area contributed by atoms with Gasteiger partial charge < -0.3 is 9.47 Å². The van der Waals surface area contributed by atoms with Gasteiger partial charge >= 0.3 is 5.76 Å². The van der Waals surface area contributed by atoms with E-state index in [4.69, 9.17) is 21.1 Å². The van der Waals surface area contributed by atoms with Crippen molar-refractivity contribution in [2.45, 2.75) is 27.9 Å². The zero-order chi connectivity index (χ0) is 24.9. The van der Waals surface area contributed by atoms with E-state index in [1.54, 1.807) is 4.72 Å². The number of halogens is 5. The molecule has 34 heavy (non-hydrogen) atoms. The number of hydrogen-bond acceptors (Lipinski definition) is 6. The number of hydrogen-bond donors (Lipinski definition) is 1. The Morgan fingerprint density at radius 2 is 1.71 bits per heavy atom. The number of fused-ring (bicyclic) bond motifs is 3. The van der Waals surface area contributed by atoms with Gasteiger partial charge in [-0.15, -0.1) is 0 Å². The largest absolute Gasteiger partial charge is 0.490 e. The van der Waals surface area contributed by atoms with Crippen molar-refractivity contribution in [1.29, 1.82) is 0 Å². The lowest BCUT2D eigenvalue weighted by Crippen LogP contribution is -2.59. The van der Waals surface area contributed by atoms with Gasteiger partial charge in [0.2, 0.25) is 0 Å². The molecule has 0 saturated carbocycles. The summed E-state index contributed by atoms with van der Waals surface area (Å²) in [6, 6.07) is 6.61. The predicted molar refractivity (Wildman–Crippen MR) is 113 cm³/mol. The number of sulfone groups is 1. The number of sulfonamides is 1. The summed E-state index contributed by atoms with van der Waals surface area (Å²) in [5, 5.41) is 0.240. The number of rotatable bonds is 6. The zero-order valence-corrected chi connectivity index (χ0v) is 19.6. The summed E-state index contributed by atoms with van der Waals surface area (Å²) in [7, 11) is -9.53. The van der Waals surface area contributed by atoms with E-state index in [-0.39, 0.29) is 22.9 Å². The molecule has 2 aromatic carbocycles.